The smallest absolute Gasteiger partial charge is 0.126 e. The summed E-state index contributed by atoms with van der Waals surface area (Å²) in [7, 11) is 1.69. The van der Waals surface area contributed by atoms with E-state index in [1.54, 1.807) is 7.11 Å². The van der Waals surface area contributed by atoms with Gasteiger partial charge in [0.2, 0.25) is 0 Å². The highest BCUT2D eigenvalue weighted by Crippen LogP contribution is 2.42. The van der Waals surface area contributed by atoms with Crippen molar-refractivity contribution in [2.75, 3.05) is 17.3 Å². The Morgan fingerprint density at radius 3 is 2.07 bits per heavy atom. The van der Waals surface area contributed by atoms with E-state index in [1.165, 1.54) is 33.6 Å². The number of anilines is 2. The number of hydrogen-bond acceptors (Lipinski definition) is 3. The average Bonchev–Trinajstić information content (AvgIpc) is 3.18. The van der Waals surface area contributed by atoms with Crippen LogP contribution in [0, 0.1) is 0 Å². The molecule has 1 atom stereocenters. The fourth-order valence-electron chi connectivity index (χ4n) is 4.07. The largest absolute Gasteiger partial charge is 0.497 e. The minimum Gasteiger partial charge on any atom is -0.497 e. The fraction of sp³-hybridized carbons (Fsp3) is 0.111. The summed E-state index contributed by atoms with van der Waals surface area (Å²) in [6, 6.07) is 36.2. The lowest BCUT2D eigenvalue weighted by Gasteiger charge is -2.27. The molecule has 30 heavy (non-hydrogen) atoms. The second-order valence-electron chi connectivity index (χ2n) is 7.53. The molecule has 0 radical (unpaired) electrons. The van der Waals surface area contributed by atoms with Crippen LogP contribution in [0.3, 0.4) is 0 Å². The Bertz CT molecular complexity index is 1120. The van der Waals surface area contributed by atoms with Gasteiger partial charge in [0, 0.05) is 6.54 Å². The first-order valence-corrected chi connectivity index (χ1v) is 10.2. The lowest BCUT2D eigenvalue weighted by Crippen LogP contribution is -2.27. The summed E-state index contributed by atoms with van der Waals surface area (Å²) in [4.78, 5) is 2.44. The van der Waals surface area contributed by atoms with Crippen LogP contribution in [0.25, 0.3) is 11.1 Å². The number of hydrogen-bond donors (Lipinski definition) is 1. The monoisotopic (exact) mass is 392 g/mol. The molecule has 4 aromatic rings. The molecular formula is C27H24N2O. The van der Waals surface area contributed by atoms with Crippen LogP contribution < -0.4 is 15.0 Å². The van der Waals surface area contributed by atoms with E-state index >= 15 is 0 Å². The Morgan fingerprint density at radius 1 is 0.733 bits per heavy atom. The van der Waals surface area contributed by atoms with E-state index in [4.69, 9.17) is 4.74 Å². The minimum atomic E-state index is 0.104. The van der Waals surface area contributed by atoms with Gasteiger partial charge in [0.25, 0.3) is 0 Å². The highest BCUT2D eigenvalue weighted by atomic mass is 16.5. The number of benzene rings is 4. The average molecular weight is 393 g/mol. The normalized spacial score (nSPS) is 14.8. The van der Waals surface area contributed by atoms with E-state index in [-0.39, 0.29) is 6.17 Å². The number of methoxy groups -OCH3 is 1. The third-order valence-corrected chi connectivity index (χ3v) is 5.66. The van der Waals surface area contributed by atoms with Crippen molar-refractivity contribution >= 4 is 11.4 Å². The lowest BCUT2D eigenvalue weighted by atomic mass is 10.0. The molecule has 3 nitrogen and oxygen atoms in total. The molecule has 1 N–H and O–H groups in total. The zero-order valence-electron chi connectivity index (χ0n) is 17.0. The first-order chi connectivity index (χ1) is 14.8. The van der Waals surface area contributed by atoms with Crippen LogP contribution in [0.5, 0.6) is 5.75 Å². The number of ether oxygens (including phenoxy) is 1. The standard InChI is InChI=1S/C27H24N2O/c1-30-24-17-15-22(16-18-24)21-11-13-23(14-12-21)27-28-25-9-5-6-10-26(25)29(27)19-20-7-3-2-4-8-20/h2-18,27-28H,19H2,1H3. The zero-order chi connectivity index (χ0) is 20.3. The molecule has 1 heterocycles. The van der Waals surface area contributed by atoms with Gasteiger partial charge in [-0.05, 0) is 46.5 Å². The van der Waals surface area contributed by atoms with Crippen molar-refractivity contribution in [1.82, 2.24) is 0 Å². The minimum absolute atomic E-state index is 0.104. The molecule has 1 aliphatic heterocycles. The van der Waals surface area contributed by atoms with Crippen molar-refractivity contribution in [1.29, 1.82) is 0 Å². The third-order valence-electron chi connectivity index (χ3n) is 5.66. The van der Waals surface area contributed by atoms with Crippen molar-refractivity contribution in [3.63, 3.8) is 0 Å². The topological polar surface area (TPSA) is 24.5 Å². The lowest BCUT2D eigenvalue weighted by molar-refractivity contribution is 0.415. The molecule has 0 saturated carbocycles. The van der Waals surface area contributed by atoms with E-state index in [2.05, 4.69) is 101 Å². The first kappa shape index (κ1) is 18.3. The number of para-hydroxylation sites is 2. The molecule has 3 heteroatoms. The molecule has 5 rings (SSSR count). The van der Waals surface area contributed by atoms with Gasteiger partial charge in [-0.2, -0.15) is 0 Å². The van der Waals surface area contributed by atoms with Gasteiger partial charge in [-0.25, -0.2) is 0 Å². The van der Waals surface area contributed by atoms with Crippen LogP contribution in [0.2, 0.25) is 0 Å². The predicted molar refractivity (Wildman–Crippen MR) is 124 cm³/mol. The van der Waals surface area contributed by atoms with E-state index < -0.39 is 0 Å². The summed E-state index contributed by atoms with van der Waals surface area (Å²) in [5.41, 5.74) is 7.36. The maximum absolute atomic E-state index is 5.27. The Kier molecular flexibility index (Phi) is 4.86. The highest BCUT2D eigenvalue weighted by Gasteiger charge is 2.29. The molecule has 0 saturated heterocycles. The van der Waals surface area contributed by atoms with E-state index in [1.807, 2.05) is 12.1 Å². The van der Waals surface area contributed by atoms with Gasteiger partial charge in [0.1, 0.15) is 11.9 Å². The predicted octanol–water partition coefficient (Wildman–Crippen LogP) is 6.49. The Balaban J connectivity index is 1.44. The summed E-state index contributed by atoms with van der Waals surface area (Å²) in [5.74, 6) is 0.875. The van der Waals surface area contributed by atoms with Gasteiger partial charge in [-0.15, -0.1) is 0 Å². The Hall–Kier alpha value is -3.72. The molecule has 0 aliphatic carbocycles. The van der Waals surface area contributed by atoms with Crippen LogP contribution in [-0.2, 0) is 6.54 Å². The zero-order valence-corrected chi connectivity index (χ0v) is 17.0. The van der Waals surface area contributed by atoms with Crippen molar-refractivity contribution in [2.24, 2.45) is 0 Å². The summed E-state index contributed by atoms with van der Waals surface area (Å²) in [6.45, 7) is 0.857. The van der Waals surface area contributed by atoms with Crippen LogP contribution in [-0.4, -0.2) is 7.11 Å². The second kappa shape index (κ2) is 7.96. The number of nitrogens with zero attached hydrogens (tertiary/aromatic N) is 1. The molecule has 0 spiro atoms. The van der Waals surface area contributed by atoms with E-state index in [0.717, 1.165) is 12.3 Å². The van der Waals surface area contributed by atoms with Gasteiger partial charge < -0.3 is 15.0 Å². The number of rotatable bonds is 5. The molecule has 1 aliphatic rings. The SMILES string of the molecule is COc1ccc(-c2ccc(C3Nc4ccccc4N3Cc3ccccc3)cc2)cc1. The van der Waals surface area contributed by atoms with Crippen molar-refractivity contribution in [3.05, 3.63) is 114 Å². The van der Waals surface area contributed by atoms with Crippen LogP contribution in [0.4, 0.5) is 11.4 Å². The van der Waals surface area contributed by atoms with E-state index in [9.17, 15) is 0 Å². The molecule has 4 aromatic carbocycles. The molecule has 1 unspecified atom stereocenters. The van der Waals surface area contributed by atoms with Gasteiger partial charge >= 0.3 is 0 Å². The van der Waals surface area contributed by atoms with Crippen molar-refractivity contribution in [3.8, 4) is 16.9 Å². The molecule has 0 fully saturated rings. The summed E-state index contributed by atoms with van der Waals surface area (Å²) < 4.78 is 5.27. The molecular weight excluding hydrogens is 368 g/mol. The summed E-state index contributed by atoms with van der Waals surface area (Å²) in [5, 5.41) is 3.70. The van der Waals surface area contributed by atoms with Crippen LogP contribution >= 0.6 is 0 Å². The summed E-state index contributed by atoms with van der Waals surface area (Å²) >= 11 is 0. The van der Waals surface area contributed by atoms with Crippen molar-refractivity contribution in [2.45, 2.75) is 12.7 Å². The molecule has 0 amide bonds. The van der Waals surface area contributed by atoms with Crippen LogP contribution in [0.15, 0.2) is 103 Å². The molecule has 148 valence electrons. The Morgan fingerprint density at radius 2 is 1.37 bits per heavy atom. The second-order valence-corrected chi connectivity index (χ2v) is 7.53. The summed E-state index contributed by atoms with van der Waals surface area (Å²) in [6.07, 6.45) is 0.104. The quantitative estimate of drug-likeness (QED) is 0.420. The van der Waals surface area contributed by atoms with E-state index in [0.29, 0.717) is 0 Å². The molecule has 0 aromatic heterocycles. The van der Waals surface area contributed by atoms with Gasteiger partial charge in [0.05, 0.1) is 18.5 Å². The number of nitrogens with one attached hydrogen (secondary N) is 1. The fourth-order valence-corrected chi connectivity index (χ4v) is 4.07. The highest BCUT2D eigenvalue weighted by molar-refractivity contribution is 5.77. The van der Waals surface area contributed by atoms with Gasteiger partial charge in [-0.3, -0.25) is 0 Å². The first-order valence-electron chi connectivity index (χ1n) is 10.2. The van der Waals surface area contributed by atoms with Gasteiger partial charge in [0.15, 0.2) is 0 Å². The van der Waals surface area contributed by atoms with Crippen LogP contribution in [0.1, 0.15) is 17.3 Å². The van der Waals surface area contributed by atoms with Gasteiger partial charge in [-0.1, -0.05) is 78.9 Å². The number of fused-ring (bicyclic) bond motifs is 1. The van der Waals surface area contributed by atoms with Crippen molar-refractivity contribution < 1.29 is 4.74 Å². The maximum Gasteiger partial charge on any atom is 0.126 e. The third kappa shape index (κ3) is 3.50. The maximum atomic E-state index is 5.27. The Labute approximate surface area is 177 Å². The molecule has 0 bridgehead atoms.